The Bertz CT molecular complexity index is 981. The average Bonchev–Trinajstić information content (AvgIpc) is 3.00. The number of rotatable bonds is 5. The SMILES string of the molecule is Cc1[nH]c(C(=O)OCC(=O)NC(=O)Nc2ccc3c(c2)OCCO3)c(C)c1[C@H](C)O. The molecule has 0 spiro atoms. The summed E-state index contributed by atoms with van der Waals surface area (Å²) in [6, 6.07) is 4.05. The second-order valence-corrected chi connectivity index (χ2v) is 6.78. The minimum atomic E-state index is -0.796. The van der Waals surface area contributed by atoms with Crippen LogP contribution in [0.1, 0.15) is 40.3 Å². The van der Waals surface area contributed by atoms with Crippen LogP contribution >= 0.6 is 0 Å². The molecule has 1 aliphatic rings. The van der Waals surface area contributed by atoms with Crippen LogP contribution < -0.4 is 20.1 Å². The van der Waals surface area contributed by atoms with Crippen LogP contribution in [0.3, 0.4) is 0 Å². The van der Waals surface area contributed by atoms with Crippen LogP contribution in [0.15, 0.2) is 18.2 Å². The lowest BCUT2D eigenvalue weighted by molar-refractivity contribution is -0.123. The summed E-state index contributed by atoms with van der Waals surface area (Å²) in [6.07, 6.45) is -0.754. The summed E-state index contributed by atoms with van der Waals surface area (Å²) in [5.41, 5.74) is 2.34. The van der Waals surface area contributed by atoms with Crippen molar-refractivity contribution in [1.82, 2.24) is 10.3 Å². The molecule has 2 aromatic rings. The van der Waals surface area contributed by atoms with Crippen LogP contribution in [0.2, 0.25) is 0 Å². The monoisotopic (exact) mass is 417 g/mol. The summed E-state index contributed by atoms with van der Waals surface area (Å²) < 4.78 is 15.8. The summed E-state index contributed by atoms with van der Waals surface area (Å²) in [4.78, 5) is 39.0. The molecular weight excluding hydrogens is 394 g/mol. The third-order valence-corrected chi connectivity index (χ3v) is 4.50. The molecule has 0 aliphatic carbocycles. The quantitative estimate of drug-likeness (QED) is 0.545. The van der Waals surface area contributed by atoms with Crippen molar-refractivity contribution in [3.05, 3.63) is 40.7 Å². The molecule has 0 radical (unpaired) electrons. The zero-order valence-electron chi connectivity index (χ0n) is 16.8. The zero-order chi connectivity index (χ0) is 21.8. The van der Waals surface area contributed by atoms with Crippen LogP contribution in [0, 0.1) is 13.8 Å². The Kier molecular flexibility index (Phi) is 6.26. The number of aryl methyl sites for hydroxylation is 1. The molecule has 4 N–H and O–H groups in total. The fourth-order valence-electron chi connectivity index (χ4n) is 3.24. The number of amides is 3. The highest BCUT2D eigenvalue weighted by Crippen LogP contribution is 2.32. The molecule has 0 unspecified atom stereocenters. The number of nitrogens with one attached hydrogen (secondary N) is 3. The first-order valence-corrected chi connectivity index (χ1v) is 9.31. The third-order valence-electron chi connectivity index (χ3n) is 4.50. The smallest absolute Gasteiger partial charge is 0.355 e. The van der Waals surface area contributed by atoms with Gasteiger partial charge in [0.2, 0.25) is 0 Å². The lowest BCUT2D eigenvalue weighted by Crippen LogP contribution is -2.37. The number of esters is 1. The van der Waals surface area contributed by atoms with Crippen molar-refractivity contribution in [2.45, 2.75) is 26.9 Å². The number of imide groups is 1. The summed E-state index contributed by atoms with van der Waals surface area (Å²) in [7, 11) is 0. The number of H-pyrrole nitrogens is 1. The number of benzene rings is 1. The molecule has 0 bridgehead atoms. The van der Waals surface area contributed by atoms with E-state index >= 15 is 0 Å². The van der Waals surface area contributed by atoms with Gasteiger partial charge in [-0.2, -0.15) is 0 Å². The summed E-state index contributed by atoms with van der Waals surface area (Å²) in [6.45, 7) is 5.20. The van der Waals surface area contributed by atoms with Crippen molar-refractivity contribution in [2.24, 2.45) is 0 Å². The first-order chi connectivity index (χ1) is 14.3. The summed E-state index contributed by atoms with van der Waals surface area (Å²) in [5, 5.41) is 14.4. The van der Waals surface area contributed by atoms with Crippen LogP contribution in [0.4, 0.5) is 10.5 Å². The number of hydrogen-bond donors (Lipinski definition) is 4. The number of aliphatic hydroxyl groups is 1. The van der Waals surface area contributed by atoms with Gasteiger partial charge in [-0.25, -0.2) is 9.59 Å². The van der Waals surface area contributed by atoms with Crippen molar-refractivity contribution in [2.75, 3.05) is 25.1 Å². The molecule has 0 saturated carbocycles. The number of urea groups is 1. The maximum atomic E-state index is 12.2. The predicted molar refractivity (Wildman–Crippen MR) is 106 cm³/mol. The minimum absolute atomic E-state index is 0.150. The van der Waals surface area contributed by atoms with Crippen molar-refractivity contribution >= 4 is 23.6 Å². The van der Waals surface area contributed by atoms with E-state index in [0.717, 1.165) is 0 Å². The van der Waals surface area contributed by atoms with E-state index in [-0.39, 0.29) is 5.69 Å². The Labute approximate surface area is 172 Å². The molecule has 2 heterocycles. The normalized spacial score (nSPS) is 13.3. The summed E-state index contributed by atoms with van der Waals surface area (Å²) >= 11 is 0. The van der Waals surface area contributed by atoms with E-state index in [1.807, 2.05) is 0 Å². The molecule has 0 fully saturated rings. The average molecular weight is 417 g/mol. The maximum absolute atomic E-state index is 12.2. The molecule has 10 heteroatoms. The number of hydrogen-bond acceptors (Lipinski definition) is 7. The van der Waals surface area contributed by atoms with Crippen molar-refractivity contribution in [1.29, 1.82) is 0 Å². The number of aromatic nitrogens is 1. The van der Waals surface area contributed by atoms with Gasteiger partial charge >= 0.3 is 12.0 Å². The predicted octanol–water partition coefficient (Wildman–Crippen LogP) is 1.96. The van der Waals surface area contributed by atoms with Crippen LogP contribution in [-0.4, -0.2) is 47.8 Å². The van der Waals surface area contributed by atoms with E-state index < -0.39 is 30.6 Å². The molecule has 160 valence electrons. The van der Waals surface area contributed by atoms with Crippen LogP contribution in [-0.2, 0) is 9.53 Å². The largest absolute Gasteiger partial charge is 0.486 e. The van der Waals surface area contributed by atoms with E-state index in [9.17, 15) is 19.5 Å². The summed E-state index contributed by atoms with van der Waals surface area (Å²) in [5.74, 6) is -0.490. The Morgan fingerprint density at radius 2 is 1.90 bits per heavy atom. The lowest BCUT2D eigenvalue weighted by atomic mass is 10.1. The highest BCUT2D eigenvalue weighted by Gasteiger charge is 2.22. The fourth-order valence-corrected chi connectivity index (χ4v) is 3.24. The van der Waals surface area contributed by atoms with Gasteiger partial charge in [0.1, 0.15) is 18.9 Å². The Balaban J connectivity index is 1.51. The number of ether oxygens (including phenoxy) is 3. The van der Waals surface area contributed by atoms with Gasteiger partial charge in [0.25, 0.3) is 5.91 Å². The van der Waals surface area contributed by atoms with E-state index in [1.54, 1.807) is 39.0 Å². The van der Waals surface area contributed by atoms with Gasteiger partial charge in [0.15, 0.2) is 18.1 Å². The standard InChI is InChI=1S/C20H23N3O7/c1-10-17(12(3)24)11(2)21-18(10)19(26)30-9-16(25)23-20(27)22-13-4-5-14-15(8-13)29-7-6-28-14/h4-5,8,12,21,24H,6-7,9H2,1-3H3,(H2,22,23,25,27)/t12-/m0/s1. The highest BCUT2D eigenvalue weighted by molar-refractivity contribution is 6.02. The molecule has 1 atom stereocenters. The van der Waals surface area contributed by atoms with Crippen molar-refractivity contribution in [3.8, 4) is 11.5 Å². The lowest BCUT2D eigenvalue weighted by Gasteiger charge is -2.19. The highest BCUT2D eigenvalue weighted by atomic mass is 16.6. The zero-order valence-corrected chi connectivity index (χ0v) is 16.8. The van der Waals surface area contributed by atoms with Gasteiger partial charge < -0.3 is 29.6 Å². The van der Waals surface area contributed by atoms with Gasteiger partial charge in [0.05, 0.1) is 6.10 Å². The molecule has 0 saturated heterocycles. The van der Waals surface area contributed by atoms with Crippen LogP contribution in [0.5, 0.6) is 11.5 Å². The van der Waals surface area contributed by atoms with Gasteiger partial charge in [-0.3, -0.25) is 10.1 Å². The van der Waals surface area contributed by atoms with E-state index in [1.165, 1.54) is 0 Å². The number of fused-ring (bicyclic) bond motifs is 1. The van der Waals surface area contributed by atoms with Crippen LogP contribution in [0.25, 0.3) is 0 Å². The first kappa shape index (κ1) is 21.2. The molecule has 3 rings (SSSR count). The number of carbonyl (C=O) groups excluding carboxylic acids is 3. The number of aromatic amines is 1. The van der Waals surface area contributed by atoms with Gasteiger partial charge in [-0.05, 0) is 38.5 Å². The Morgan fingerprint density at radius 3 is 2.57 bits per heavy atom. The van der Waals surface area contributed by atoms with Gasteiger partial charge in [-0.1, -0.05) is 0 Å². The number of anilines is 1. The third kappa shape index (κ3) is 4.71. The molecule has 30 heavy (non-hydrogen) atoms. The molecule has 1 aromatic heterocycles. The minimum Gasteiger partial charge on any atom is -0.486 e. The van der Waals surface area contributed by atoms with Gasteiger partial charge in [0, 0.05) is 23.0 Å². The second kappa shape index (κ2) is 8.87. The maximum Gasteiger partial charge on any atom is 0.355 e. The number of carbonyl (C=O) groups is 3. The van der Waals surface area contributed by atoms with Crippen molar-refractivity contribution in [3.63, 3.8) is 0 Å². The van der Waals surface area contributed by atoms with E-state index in [4.69, 9.17) is 14.2 Å². The Morgan fingerprint density at radius 1 is 1.20 bits per heavy atom. The molecule has 3 amide bonds. The van der Waals surface area contributed by atoms with E-state index in [2.05, 4.69) is 15.6 Å². The van der Waals surface area contributed by atoms with E-state index in [0.29, 0.717) is 47.2 Å². The fraction of sp³-hybridized carbons (Fsp3) is 0.350. The first-order valence-electron chi connectivity index (χ1n) is 9.31. The second-order valence-electron chi connectivity index (χ2n) is 6.78. The molecule has 10 nitrogen and oxygen atoms in total. The van der Waals surface area contributed by atoms with Gasteiger partial charge in [-0.15, -0.1) is 0 Å². The number of aliphatic hydroxyl groups excluding tert-OH is 1. The molecular formula is C20H23N3O7. The topological polar surface area (TPSA) is 139 Å². The Hall–Kier alpha value is -3.53. The van der Waals surface area contributed by atoms with Crippen molar-refractivity contribution < 1.29 is 33.7 Å². The molecule has 1 aliphatic heterocycles. The molecule has 1 aromatic carbocycles.